The van der Waals surface area contributed by atoms with Crippen molar-refractivity contribution in [2.24, 2.45) is 0 Å². The second kappa shape index (κ2) is 6.08. The molecule has 0 bridgehead atoms. The number of nitrogens with zero attached hydrogens (tertiary/aromatic N) is 1. The minimum Gasteiger partial charge on any atom is -0.397 e. The van der Waals surface area contributed by atoms with E-state index in [0.29, 0.717) is 6.17 Å². The second-order valence-corrected chi connectivity index (χ2v) is 5.77. The van der Waals surface area contributed by atoms with Crippen molar-refractivity contribution in [3.63, 3.8) is 0 Å². The molecule has 1 heterocycles. The predicted molar refractivity (Wildman–Crippen MR) is 90.6 cm³/mol. The molecule has 21 heavy (non-hydrogen) atoms. The van der Waals surface area contributed by atoms with Gasteiger partial charge in [-0.25, -0.2) is 0 Å². The summed E-state index contributed by atoms with van der Waals surface area (Å²) in [6, 6.07) is 16.8. The SMILES string of the molecule is Cc1ccc(N2CCCC[C@@H]2Nc2ccccc2N)cc1. The average molecular weight is 281 g/mol. The molecule has 1 aliphatic rings. The minimum absolute atomic E-state index is 0.311. The van der Waals surface area contributed by atoms with Crippen LogP contribution in [0.15, 0.2) is 48.5 Å². The van der Waals surface area contributed by atoms with E-state index in [2.05, 4.69) is 47.5 Å². The van der Waals surface area contributed by atoms with E-state index < -0.39 is 0 Å². The lowest BCUT2D eigenvalue weighted by Gasteiger charge is -2.38. The first-order chi connectivity index (χ1) is 10.2. The average Bonchev–Trinajstić information content (AvgIpc) is 2.51. The number of hydrogen-bond acceptors (Lipinski definition) is 3. The Hall–Kier alpha value is -2.16. The number of nitrogens with one attached hydrogen (secondary N) is 1. The number of benzene rings is 2. The van der Waals surface area contributed by atoms with Crippen LogP contribution in [0.3, 0.4) is 0 Å². The van der Waals surface area contributed by atoms with Crippen LogP contribution in [-0.2, 0) is 0 Å². The highest BCUT2D eigenvalue weighted by Crippen LogP contribution is 2.27. The van der Waals surface area contributed by atoms with E-state index in [1.807, 2.05) is 18.2 Å². The van der Waals surface area contributed by atoms with Crippen LogP contribution < -0.4 is 16.0 Å². The van der Waals surface area contributed by atoms with Crippen molar-refractivity contribution in [3.8, 4) is 0 Å². The zero-order valence-corrected chi connectivity index (χ0v) is 12.5. The van der Waals surface area contributed by atoms with Crippen molar-refractivity contribution < 1.29 is 0 Å². The molecule has 110 valence electrons. The molecule has 0 spiro atoms. The Kier molecular flexibility index (Phi) is 4.00. The molecule has 0 radical (unpaired) electrons. The van der Waals surface area contributed by atoms with E-state index in [4.69, 9.17) is 5.73 Å². The topological polar surface area (TPSA) is 41.3 Å². The van der Waals surface area contributed by atoms with Crippen LogP contribution in [0.1, 0.15) is 24.8 Å². The van der Waals surface area contributed by atoms with Crippen molar-refractivity contribution >= 4 is 17.1 Å². The van der Waals surface area contributed by atoms with Gasteiger partial charge in [-0.15, -0.1) is 0 Å². The summed E-state index contributed by atoms with van der Waals surface area (Å²) < 4.78 is 0. The van der Waals surface area contributed by atoms with E-state index in [1.54, 1.807) is 0 Å². The van der Waals surface area contributed by atoms with Gasteiger partial charge in [-0.05, 0) is 50.5 Å². The standard InChI is InChI=1S/C18H23N3/c1-14-9-11-15(12-10-14)21-13-5-4-8-18(21)20-17-7-3-2-6-16(17)19/h2-3,6-7,9-12,18,20H,4-5,8,13,19H2,1H3/t18-/m1/s1. The third-order valence-electron chi connectivity index (χ3n) is 4.15. The van der Waals surface area contributed by atoms with Gasteiger partial charge in [0.2, 0.25) is 0 Å². The van der Waals surface area contributed by atoms with Crippen LogP contribution in [0.2, 0.25) is 0 Å². The van der Waals surface area contributed by atoms with E-state index in [1.165, 1.54) is 24.1 Å². The van der Waals surface area contributed by atoms with Gasteiger partial charge in [0.05, 0.1) is 17.5 Å². The molecule has 0 unspecified atom stereocenters. The smallest absolute Gasteiger partial charge is 0.0990 e. The molecule has 3 heteroatoms. The van der Waals surface area contributed by atoms with Gasteiger partial charge in [0, 0.05) is 12.2 Å². The lowest BCUT2D eigenvalue weighted by molar-refractivity contribution is 0.493. The number of para-hydroxylation sites is 2. The molecular formula is C18H23N3. The monoisotopic (exact) mass is 281 g/mol. The molecule has 1 aliphatic heterocycles. The Morgan fingerprint density at radius 3 is 2.57 bits per heavy atom. The first kappa shape index (κ1) is 13.8. The quantitative estimate of drug-likeness (QED) is 0.835. The summed E-state index contributed by atoms with van der Waals surface area (Å²) in [6.07, 6.45) is 3.96. The van der Waals surface area contributed by atoms with Crippen LogP contribution in [0.5, 0.6) is 0 Å². The van der Waals surface area contributed by atoms with Crippen LogP contribution in [0, 0.1) is 6.92 Å². The molecule has 1 fully saturated rings. The maximum absolute atomic E-state index is 6.06. The second-order valence-electron chi connectivity index (χ2n) is 5.77. The Labute approximate surface area is 126 Å². The lowest BCUT2D eigenvalue weighted by atomic mass is 10.1. The number of piperidine rings is 1. The van der Waals surface area contributed by atoms with Gasteiger partial charge in [-0.1, -0.05) is 29.8 Å². The summed E-state index contributed by atoms with van der Waals surface area (Å²) in [5, 5.41) is 3.61. The Morgan fingerprint density at radius 2 is 1.81 bits per heavy atom. The van der Waals surface area contributed by atoms with Crippen molar-refractivity contribution in [2.75, 3.05) is 22.5 Å². The summed E-state index contributed by atoms with van der Waals surface area (Å²) in [5.74, 6) is 0. The Balaban J connectivity index is 1.81. The predicted octanol–water partition coefficient (Wildman–Crippen LogP) is 4.01. The van der Waals surface area contributed by atoms with Gasteiger partial charge in [0.15, 0.2) is 0 Å². The third kappa shape index (κ3) is 3.13. The van der Waals surface area contributed by atoms with Gasteiger partial charge in [-0.2, -0.15) is 0 Å². The van der Waals surface area contributed by atoms with Crippen molar-refractivity contribution in [2.45, 2.75) is 32.4 Å². The molecule has 3 rings (SSSR count). The lowest BCUT2D eigenvalue weighted by Crippen LogP contribution is -2.44. The summed E-state index contributed by atoms with van der Waals surface area (Å²) in [6.45, 7) is 3.22. The summed E-state index contributed by atoms with van der Waals surface area (Å²) in [7, 11) is 0. The van der Waals surface area contributed by atoms with E-state index in [9.17, 15) is 0 Å². The fourth-order valence-electron chi connectivity index (χ4n) is 2.93. The van der Waals surface area contributed by atoms with Gasteiger partial charge in [0.25, 0.3) is 0 Å². The van der Waals surface area contributed by atoms with E-state index in [0.717, 1.165) is 24.3 Å². The maximum atomic E-state index is 6.06. The van der Waals surface area contributed by atoms with E-state index in [-0.39, 0.29) is 0 Å². The molecule has 1 saturated heterocycles. The number of aryl methyl sites for hydroxylation is 1. The van der Waals surface area contributed by atoms with Crippen LogP contribution >= 0.6 is 0 Å². The number of hydrogen-bond donors (Lipinski definition) is 2. The van der Waals surface area contributed by atoms with Crippen LogP contribution in [0.25, 0.3) is 0 Å². The minimum atomic E-state index is 0.311. The van der Waals surface area contributed by atoms with Gasteiger partial charge in [-0.3, -0.25) is 0 Å². The molecule has 3 N–H and O–H groups in total. The number of anilines is 3. The van der Waals surface area contributed by atoms with Gasteiger partial charge in [0.1, 0.15) is 0 Å². The molecular weight excluding hydrogens is 258 g/mol. The van der Waals surface area contributed by atoms with Crippen molar-refractivity contribution in [3.05, 3.63) is 54.1 Å². The third-order valence-corrected chi connectivity index (χ3v) is 4.15. The molecule has 0 amide bonds. The zero-order chi connectivity index (χ0) is 14.7. The molecule has 2 aromatic rings. The number of nitrogen functional groups attached to an aromatic ring is 1. The first-order valence-electron chi connectivity index (χ1n) is 7.68. The van der Waals surface area contributed by atoms with Crippen molar-refractivity contribution in [1.82, 2.24) is 0 Å². The van der Waals surface area contributed by atoms with Gasteiger partial charge >= 0.3 is 0 Å². The highest BCUT2D eigenvalue weighted by molar-refractivity contribution is 5.67. The van der Waals surface area contributed by atoms with Crippen LogP contribution in [0.4, 0.5) is 17.1 Å². The normalized spacial score (nSPS) is 18.5. The summed E-state index contributed by atoms with van der Waals surface area (Å²) in [4.78, 5) is 2.45. The number of nitrogens with two attached hydrogens (primary N) is 1. The van der Waals surface area contributed by atoms with Crippen molar-refractivity contribution in [1.29, 1.82) is 0 Å². The molecule has 0 aliphatic carbocycles. The zero-order valence-electron chi connectivity index (χ0n) is 12.5. The summed E-state index contributed by atoms with van der Waals surface area (Å²) in [5.41, 5.74) is 10.5. The first-order valence-corrected chi connectivity index (χ1v) is 7.68. The molecule has 0 saturated carbocycles. The highest BCUT2D eigenvalue weighted by Gasteiger charge is 2.22. The highest BCUT2D eigenvalue weighted by atomic mass is 15.3. The largest absolute Gasteiger partial charge is 0.397 e. The summed E-state index contributed by atoms with van der Waals surface area (Å²) >= 11 is 0. The fourth-order valence-corrected chi connectivity index (χ4v) is 2.93. The molecule has 3 nitrogen and oxygen atoms in total. The molecule has 2 aromatic carbocycles. The molecule has 0 aromatic heterocycles. The van der Waals surface area contributed by atoms with Crippen LogP contribution in [-0.4, -0.2) is 12.7 Å². The Morgan fingerprint density at radius 1 is 1.05 bits per heavy atom. The van der Waals surface area contributed by atoms with Gasteiger partial charge < -0.3 is 16.0 Å². The fraction of sp³-hybridized carbons (Fsp3) is 0.333. The number of rotatable bonds is 3. The Bertz CT molecular complexity index is 592. The van der Waals surface area contributed by atoms with E-state index >= 15 is 0 Å². The molecule has 1 atom stereocenters. The maximum Gasteiger partial charge on any atom is 0.0990 e.